The van der Waals surface area contributed by atoms with Gasteiger partial charge in [-0.25, -0.2) is 4.39 Å². The summed E-state index contributed by atoms with van der Waals surface area (Å²) in [4.78, 5) is 2.06. The van der Waals surface area contributed by atoms with E-state index in [1.54, 1.807) is 23.6 Å². The van der Waals surface area contributed by atoms with Gasteiger partial charge in [-0.15, -0.1) is 10.2 Å². The fourth-order valence-electron chi connectivity index (χ4n) is 2.33. The second kappa shape index (κ2) is 6.98. The van der Waals surface area contributed by atoms with Gasteiger partial charge >= 0.3 is 0 Å². The zero-order valence-electron chi connectivity index (χ0n) is 12.6. The van der Waals surface area contributed by atoms with E-state index in [0.717, 1.165) is 0 Å². The lowest BCUT2D eigenvalue weighted by atomic mass is 10.3. The first-order valence-corrected chi connectivity index (χ1v) is 8.17. The predicted molar refractivity (Wildman–Crippen MR) is 85.3 cm³/mol. The molecule has 0 aliphatic carbocycles. The fourth-order valence-corrected chi connectivity index (χ4v) is 3.08. The van der Waals surface area contributed by atoms with Crippen LogP contribution in [-0.2, 0) is 4.74 Å². The van der Waals surface area contributed by atoms with E-state index in [9.17, 15) is 4.39 Å². The molecule has 120 valence electrons. The van der Waals surface area contributed by atoms with Gasteiger partial charge in [0.2, 0.25) is 5.95 Å². The summed E-state index contributed by atoms with van der Waals surface area (Å²) in [6.45, 7) is 4.43. The van der Waals surface area contributed by atoms with E-state index in [4.69, 9.17) is 10.00 Å². The number of ether oxygens (including phenoxy) is 1. The molecule has 23 heavy (non-hydrogen) atoms. The average molecular weight is 333 g/mol. The maximum Gasteiger partial charge on any atom is 0.232 e. The first-order chi connectivity index (χ1) is 11.2. The maximum atomic E-state index is 13.6. The summed E-state index contributed by atoms with van der Waals surface area (Å²) in [5.41, 5.74) is 0.643. The van der Waals surface area contributed by atoms with Crippen LogP contribution in [0.2, 0.25) is 0 Å². The average Bonchev–Trinajstić information content (AvgIpc) is 2.99. The van der Waals surface area contributed by atoms with Gasteiger partial charge in [0.25, 0.3) is 0 Å². The van der Waals surface area contributed by atoms with Crippen LogP contribution in [0, 0.1) is 17.1 Å². The number of thioether (sulfide) groups is 1. The molecule has 0 amide bonds. The van der Waals surface area contributed by atoms with Gasteiger partial charge in [-0.1, -0.05) is 17.8 Å². The van der Waals surface area contributed by atoms with Crippen LogP contribution < -0.4 is 4.90 Å². The third-order valence-corrected chi connectivity index (χ3v) is 4.37. The Labute approximate surface area is 137 Å². The van der Waals surface area contributed by atoms with Crippen LogP contribution in [0.1, 0.15) is 6.92 Å². The molecule has 3 rings (SSSR count). The number of hydrogen-bond donors (Lipinski definition) is 0. The van der Waals surface area contributed by atoms with Crippen molar-refractivity contribution in [1.82, 2.24) is 14.8 Å². The van der Waals surface area contributed by atoms with E-state index in [0.29, 0.717) is 43.1 Å². The Kier molecular flexibility index (Phi) is 4.79. The quantitative estimate of drug-likeness (QED) is 0.800. The second-order valence-electron chi connectivity index (χ2n) is 5.09. The Balaban J connectivity index is 2.04. The Hall–Kier alpha value is -2.11. The molecule has 0 N–H and O–H groups in total. The number of nitriles is 1. The van der Waals surface area contributed by atoms with Crippen LogP contribution >= 0.6 is 11.8 Å². The normalized spacial score (nSPS) is 16.1. The number of rotatable bonds is 4. The maximum absolute atomic E-state index is 13.6. The Bertz CT molecular complexity index is 723. The minimum atomic E-state index is -0.326. The molecule has 1 aromatic carbocycles. The van der Waals surface area contributed by atoms with Crippen LogP contribution in [-0.4, -0.2) is 46.3 Å². The molecule has 1 unspecified atom stereocenters. The lowest BCUT2D eigenvalue weighted by molar-refractivity contribution is 0.122. The molecule has 1 atom stereocenters. The molecular weight excluding hydrogens is 317 g/mol. The van der Waals surface area contributed by atoms with Crippen LogP contribution in [0.4, 0.5) is 10.3 Å². The lowest BCUT2D eigenvalue weighted by Gasteiger charge is -2.28. The molecule has 6 nitrogen and oxygen atoms in total. The van der Waals surface area contributed by atoms with Crippen molar-refractivity contribution in [1.29, 1.82) is 5.26 Å². The molecule has 1 aliphatic rings. The van der Waals surface area contributed by atoms with E-state index >= 15 is 0 Å². The molecule has 0 bridgehead atoms. The molecule has 1 fully saturated rings. The fraction of sp³-hybridized carbons (Fsp3) is 0.400. The first-order valence-electron chi connectivity index (χ1n) is 7.29. The molecule has 0 saturated carbocycles. The van der Waals surface area contributed by atoms with Gasteiger partial charge in [-0.2, -0.15) is 5.26 Å². The number of anilines is 1. The summed E-state index contributed by atoms with van der Waals surface area (Å²) >= 11 is 1.30. The third kappa shape index (κ3) is 3.46. The Morgan fingerprint density at radius 3 is 2.83 bits per heavy atom. The van der Waals surface area contributed by atoms with Gasteiger partial charge in [0.15, 0.2) is 5.16 Å². The highest BCUT2D eigenvalue weighted by molar-refractivity contribution is 8.00. The molecule has 0 radical (unpaired) electrons. The Morgan fingerprint density at radius 2 is 2.13 bits per heavy atom. The van der Waals surface area contributed by atoms with Crippen molar-refractivity contribution in [3.8, 4) is 11.8 Å². The zero-order chi connectivity index (χ0) is 16.2. The van der Waals surface area contributed by atoms with Crippen molar-refractivity contribution in [3.05, 3.63) is 30.1 Å². The van der Waals surface area contributed by atoms with E-state index < -0.39 is 0 Å². The van der Waals surface area contributed by atoms with Crippen LogP contribution in [0.3, 0.4) is 0 Å². The van der Waals surface area contributed by atoms with Crippen LogP contribution in [0.5, 0.6) is 0 Å². The third-order valence-electron chi connectivity index (χ3n) is 3.44. The molecule has 2 aromatic rings. The van der Waals surface area contributed by atoms with Crippen LogP contribution in [0.15, 0.2) is 29.4 Å². The number of hydrogen-bond acceptors (Lipinski definition) is 6. The van der Waals surface area contributed by atoms with E-state index in [1.807, 2.05) is 0 Å². The highest BCUT2D eigenvalue weighted by atomic mass is 32.2. The Morgan fingerprint density at radius 1 is 1.35 bits per heavy atom. The van der Waals surface area contributed by atoms with Crippen molar-refractivity contribution >= 4 is 17.7 Å². The molecule has 0 spiro atoms. The highest BCUT2D eigenvalue weighted by Gasteiger charge is 2.23. The van der Waals surface area contributed by atoms with E-state index in [2.05, 4.69) is 21.2 Å². The van der Waals surface area contributed by atoms with Gasteiger partial charge in [-0.05, 0) is 25.1 Å². The van der Waals surface area contributed by atoms with Gasteiger partial charge < -0.3 is 9.64 Å². The van der Waals surface area contributed by atoms with Gasteiger partial charge in [0, 0.05) is 13.1 Å². The summed E-state index contributed by atoms with van der Waals surface area (Å²) < 4.78 is 20.8. The monoisotopic (exact) mass is 333 g/mol. The van der Waals surface area contributed by atoms with Crippen molar-refractivity contribution in [2.75, 3.05) is 31.2 Å². The molecule has 1 aliphatic heterocycles. The summed E-state index contributed by atoms with van der Waals surface area (Å²) in [6, 6.07) is 8.45. The van der Waals surface area contributed by atoms with Gasteiger partial charge in [0.1, 0.15) is 5.82 Å². The number of halogens is 1. The summed E-state index contributed by atoms with van der Waals surface area (Å²) in [5.74, 6) is 0.319. The summed E-state index contributed by atoms with van der Waals surface area (Å²) in [5, 5.41) is 17.8. The van der Waals surface area contributed by atoms with Gasteiger partial charge in [0.05, 0.1) is 30.2 Å². The van der Waals surface area contributed by atoms with E-state index in [1.165, 1.54) is 23.9 Å². The standard InChI is InChI=1S/C15H16FN5OS/c1-11(10-17)23-15-19-18-14(20-5-7-22-8-6-20)21(15)13-4-2-3-12(16)9-13/h2-4,9,11H,5-8H2,1H3. The van der Waals surface area contributed by atoms with Crippen molar-refractivity contribution in [2.45, 2.75) is 17.3 Å². The molecule has 8 heteroatoms. The second-order valence-corrected chi connectivity index (χ2v) is 6.39. The summed E-state index contributed by atoms with van der Waals surface area (Å²) in [7, 11) is 0. The molecule has 1 aromatic heterocycles. The van der Waals surface area contributed by atoms with Crippen molar-refractivity contribution < 1.29 is 9.13 Å². The largest absolute Gasteiger partial charge is 0.378 e. The minimum absolute atomic E-state index is 0.274. The first kappa shape index (κ1) is 15.8. The van der Waals surface area contributed by atoms with E-state index in [-0.39, 0.29) is 11.1 Å². The zero-order valence-corrected chi connectivity index (χ0v) is 13.5. The van der Waals surface area contributed by atoms with Crippen LogP contribution in [0.25, 0.3) is 5.69 Å². The van der Waals surface area contributed by atoms with Crippen molar-refractivity contribution in [2.24, 2.45) is 0 Å². The number of nitrogens with zero attached hydrogens (tertiary/aromatic N) is 5. The predicted octanol–water partition coefficient (Wildman–Crippen LogP) is 2.25. The minimum Gasteiger partial charge on any atom is -0.378 e. The topological polar surface area (TPSA) is 67.0 Å². The van der Waals surface area contributed by atoms with Crippen molar-refractivity contribution in [3.63, 3.8) is 0 Å². The number of benzene rings is 1. The molecule has 2 heterocycles. The lowest BCUT2D eigenvalue weighted by Crippen LogP contribution is -2.37. The number of aromatic nitrogens is 3. The number of morpholine rings is 1. The SMILES string of the molecule is CC(C#N)Sc1nnc(N2CCOCC2)n1-c1cccc(F)c1. The molecular formula is C15H16FN5OS. The van der Waals surface area contributed by atoms with Gasteiger partial charge in [-0.3, -0.25) is 4.57 Å². The molecule has 1 saturated heterocycles. The summed E-state index contributed by atoms with van der Waals surface area (Å²) in [6.07, 6.45) is 0. The highest BCUT2D eigenvalue weighted by Crippen LogP contribution is 2.29. The smallest absolute Gasteiger partial charge is 0.232 e.